The molecule has 0 radical (unpaired) electrons. The highest BCUT2D eigenvalue weighted by molar-refractivity contribution is 5.79. The zero-order valence-electron chi connectivity index (χ0n) is 17.8. The van der Waals surface area contributed by atoms with E-state index in [0.717, 1.165) is 17.1 Å². The van der Waals surface area contributed by atoms with Crippen LogP contribution in [0.5, 0.6) is 0 Å². The van der Waals surface area contributed by atoms with Crippen LogP contribution in [0.4, 0.5) is 17.1 Å². The number of nitrogens with zero attached hydrogens (tertiary/aromatic N) is 1. The van der Waals surface area contributed by atoms with Gasteiger partial charge in [0.2, 0.25) is 0 Å². The molecule has 148 valence electrons. The summed E-state index contributed by atoms with van der Waals surface area (Å²) in [4.78, 5) is 2.31. The van der Waals surface area contributed by atoms with Crippen molar-refractivity contribution in [2.24, 2.45) is 0 Å². The molecule has 0 amide bonds. The maximum atomic E-state index is 2.31. The van der Waals surface area contributed by atoms with Crippen molar-refractivity contribution in [2.75, 3.05) is 4.90 Å². The molecule has 30 heavy (non-hydrogen) atoms. The van der Waals surface area contributed by atoms with Crippen LogP contribution in [0.1, 0.15) is 27.8 Å². The second-order valence-corrected chi connectivity index (χ2v) is 7.85. The SMILES string of the molecule is Cc1ccc(C=Cc2cccc(N(c3ccc(C)cc3)c3ccc(C)cc3)c2)cc1. The van der Waals surface area contributed by atoms with Crippen LogP contribution in [0.3, 0.4) is 0 Å². The van der Waals surface area contributed by atoms with Crippen LogP contribution < -0.4 is 4.90 Å². The Balaban J connectivity index is 1.71. The fourth-order valence-corrected chi connectivity index (χ4v) is 3.47. The Bertz CT molecular complexity index is 1090. The largest absolute Gasteiger partial charge is 0.310 e. The van der Waals surface area contributed by atoms with E-state index in [1.54, 1.807) is 0 Å². The van der Waals surface area contributed by atoms with Gasteiger partial charge in [0, 0.05) is 17.1 Å². The Morgan fingerprint density at radius 3 is 1.47 bits per heavy atom. The van der Waals surface area contributed by atoms with Crippen molar-refractivity contribution >= 4 is 29.2 Å². The van der Waals surface area contributed by atoms with Gasteiger partial charge in [-0.2, -0.15) is 0 Å². The van der Waals surface area contributed by atoms with E-state index in [4.69, 9.17) is 0 Å². The summed E-state index contributed by atoms with van der Waals surface area (Å²) in [5, 5.41) is 0. The van der Waals surface area contributed by atoms with Gasteiger partial charge in [-0.05, 0) is 68.3 Å². The number of aryl methyl sites for hydroxylation is 3. The number of anilines is 3. The third-order valence-corrected chi connectivity index (χ3v) is 5.26. The third-order valence-electron chi connectivity index (χ3n) is 5.26. The summed E-state index contributed by atoms with van der Waals surface area (Å²) in [6.07, 6.45) is 4.34. The fourth-order valence-electron chi connectivity index (χ4n) is 3.47. The summed E-state index contributed by atoms with van der Waals surface area (Å²) in [6.45, 7) is 6.36. The quantitative estimate of drug-likeness (QED) is 0.311. The van der Waals surface area contributed by atoms with Crippen LogP contribution in [-0.4, -0.2) is 0 Å². The van der Waals surface area contributed by atoms with Crippen molar-refractivity contribution in [3.8, 4) is 0 Å². The molecule has 0 saturated heterocycles. The zero-order valence-corrected chi connectivity index (χ0v) is 17.8. The molecule has 4 aromatic carbocycles. The molecule has 0 saturated carbocycles. The van der Waals surface area contributed by atoms with Crippen molar-refractivity contribution in [1.29, 1.82) is 0 Å². The minimum atomic E-state index is 1.15. The fraction of sp³-hybridized carbons (Fsp3) is 0.103. The van der Waals surface area contributed by atoms with Crippen molar-refractivity contribution in [1.82, 2.24) is 0 Å². The summed E-state index contributed by atoms with van der Waals surface area (Å²) in [6, 6.07) is 34.7. The van der Waals surface area contributed by atoms with Crippen LogP contribution in [-0.2, 0) is 0 Å². The third kappa shape index (κ3) is 4.69. The van der Waals surface area contributed by atoms with Crippen LogP contribution in [0, 0.1) is 20.8 Å². The first-order valence-electron chi connectivity index (χ1n) is 10.4. The number of hydrogen-bond acceptors (Lipinski definition) is 1. The van der Waals surface area contributed by atoms with Gasteiger partial charge in [-0.3, -0.25) is 0 Å². The number of hydrogen-bond donors (Lipinski definition) is 0. The van der Waals surface area contributed by atoms with Crippen molar-refractivity contribution in [3.63, 3.8) is 0 Å². The molecule has 0 N–H and O–H groups in total. The average molecular weight is 390 g/mol. The summed E-state index contributed by atoms with van der Waals surface area (Å²) in [5.41, 5.74) is 9.65. The molecule has 0 aliphatic carbocycles. The lowest BCUT2D eigenvalue weighted by Gasteiger charge is -2.26. The number of rotatable bonds is 5. The van der Waals surface area contributed by atoms with Crippen LogP contribution in [0.2, 0.25) is 0 Å². The van der Waals surface area contributed by atoms with Crippen molar-refractivity contribution in [3.05, 3.63) is 125 Å². The summed E-state index contributed by atoms with van der Waals surface area (Å²) in [7, 11) is 0. The van der Waals surface area contributed by atoms with E-state index >= 15 is 0 Å². The molecule has 1 heteroatoms. The van der Waals surface area contributed by atoms with Gasteiger partial charge in [0.05, 0.1) is 0 Å². The zero-order chi connectivity index (χ0) is 20.9. The van der Waals surface area contributed by atoms with Gasteiger partial charge in [0.1, 0.15) is 0 Å². The normalized spacial score (nSPS) is 11.0. The summed E-state index contributed by atoms with van der Waals surface area (Å²) >= 11 is 0. The molecule has 0 bridgehead atoms. The molecule has 4 rings (SSSR count). The highest BCUT2D eigenvalue weighted by Crippen LogP contribution is 2.35. The lowest BCUT2D eigenvalue weighted by molar-refractivity contribution is 1.27. The van der Waals surface area contributed by atoms with Gasteiger partial charge in [-0.1, -0.05) is 89.5 Å². The molecule has 0 fully saturated rings. The molecule has 0 spiro atoms. The predicted octanol–water partition coefficient (Wildman–Crippen LogP) is 8.25. The smallest absolute Gasteiger partial charge is 0.0467 e. The van der Waals surface area contributed by atoms with E-state index < -0.39 is 0 Å². The highest BCUT2D eigenvalue weighted by atomic mass is 15.1. The second kappa shape index (κ2) is 8.84. The van der Waals surface area contributed by atoms with Crippen LogP contribution in [0.25, 0.3) is 12.2 Å². The molecular weight excluding hydrogens is 362 g/mol. The first-order chi connectivity index (χ1) is 14.6. The second-order valence-electron chi connectivity index (χ2n) is 7.85. The lowest BCUT2D eigenvalue weighted by atomic mass is 10.1. The van der Waals surface area contributed by atoms with Crippen LogP contribution >= 0.6 is 0 Å². The Morgan fingerprint density at radius 1 is 0.467 bits per heavy atom. The van der Waals surface area contributed by atoms with Gasteiger partial charge >= 0.3 is 0 Å². The molecule has 1 nitrogen and oxygen atoms in total. The first kappa shape index (κ1) is 19.7. The Morgan fingerprint density at radius 2 is 0.933 bits per heavy atom. The average Bonchev–Trinajstić information content (AvgIpc) is 2.77. The minimum absolute atomic E-state index is 1.15. The van der Waals surface area contributed by atoms with Crippen molar-refractivity contribution in [2.45, 2.75) is 20.8 Å². The molecule has 0 aromatic heterocycles. The number of benzene rings is 4. The maximum absolute atomic E-state index is 2.31. The van der Waals surface area contributed by atoms with Gasteiger partial charge in [0.25, 0.3) is 0 Å². The van der Waals surface area contributed by atoms with Gasteiger partial charge in [-0.15, -0.1) is 0 Å². The summed E-state index contributed by atoms with van der Waals surface area (Å²) < 4.78 is 0. The lowest BCUT2D eigenvalue weighted by Crippen LogP contribution is -2.10. The Kier molecular flexibility index (Phi) is 5.81. The predicted molar refractivity (Wildman–Crippen MR) is 131 cm³/mol. The van der Waals surface area contributed by atoms with E-state index in [0.29, 0.717) is 0 Å². The molecule has 0 heterocycles. The van der Waals surface area contributed by atoms with Crippen LogP contribution in [0.15, 0.2) is 97.1 Å². The van der Waals surface area contributed by atoms with E-state index in [1.807, 2.05) is 0 Å². The van der Waals surface area contributed by atoms with E-state index in [9.17, 15) is 0 Å². The highest BCUT2D eigenvalue weighted by Gasteiger charge is 2.12. The molecule has 4 aromatic rings. The molecule has 0 atom stereocenters. The van der Waals surface area contributed by atoms with E-state index in [1.165, 1.54) is 27.8 Å². The summed E-state index contributed by atoms with van der Waals surface area (Å²) in [5.74, 6) is 0. The van der Waals surface area contributed by atoms with E-state index in [-0.39, 0.29) is 0 Å². The molecule has 0 aliphatic rings. The van der Waals surface area contributed by atoms with Crippen molar-refractivity contribution < 1.29 is 0 Å². The first-order valence-corrected chi connectivity index (χ1v) is 10.4. The maximum Gasteiger partial charge on any atom is 0.0467 e. The monoisotopic (exact) mass is 389 g/mol. The van der Waals surface area contributed by atoms with Gasteiger partial charge < -0.3 is 4.90 Å². The minimum Gasteiger partial charge on any atom is -0.310 e. The van der Waals surface area contributed by atoms with Gasteiger partial charge in [0.15, 0.2) is 0 Å². The molecule has 0 unspecified atom stereocenters. The Hall–Kier alpha value is -3.58. The van der Waals surface area contributed by atoms with E-state index in [2.05, 4.69) is 135 Å². The topological polar surface area (TPSA) is 3.24 Å². The molecular formula is C29H27N. The van der Waals surface area contributed by atoms with Gasteiger partial charge in [-0.25, -0.2) is 0 Å². The Labute approximate surface area is 179 Å². The molecule has 0 aliphatic heterocycles. The standard InChI is InChI=1S/C29H27N/c1-22-7-13-25(14-8-22)15-16-26-5-4-6-29(21-26)30(27-17-9-23(2)10-18-27)28-19-11-24(3)12-20-28/h4-21H,1-3H3.